The van der Waals surface area contributed by atoms with Crippen LogP contribution in [0.5, 0.6) is 0 Å². The van der Waals surface area contributed by atoms with Crippen LogP contribution in [0, 0.1) is 5.92 Å². The Bertz CT molecular complexity index is 592. The minimum absolute atomic E-state index is 0.105. The second-order valence-electron chi connectivity index (χ2n) is 5.62. The van der Waals surface area contributed by atoms with Gasteiger partial charge in [0.2, 0.25) is 5.89 Å². The topological polar surface area (TPSA) is 93.2 Å². The molecule has 2 atom stereocenters. The van der Waals surface area contributed by atoms with Gasteiger partial charge in [-0.1, -0.05) is 19.0 Å². The summed E-state index contributed by atoms with van der Waals surface area (Å²) in [5.74, 6) is 1.10. The van der Waals surface area contributed by atoms with E-state index in [0.717, 1.165) is 0 Å². The number of rotatable bonds is 7. The molecule has 22 heavy (non-hydrogen) atoms. The first-order chi connectivity index (χ1) is 10.5. The number of carbonyl (C=O) groups is 1. The third kappa shape index (κ3) is 3.94. The molecule has 0 fully saturated rings. The first kappa shape index (κ1) is 16.2. The summed E-state index contributed by atoms with van der Waals surface area (Å²) in [5, 5.41) is 9.97. The van der Waals surface area contributed by atoms with E-state index >= 15 is 0 Å². The monoisotopic (exact) mass is 306 g/mol. The molecule has 0 radical (unpaired) electrons. The summed E-state index contributed by atoms with van der Waals surface area (Å²) in [5.41, 5.74) is 0. The van der Waals surface area contributed by atoms with Crippen LogP contribution in [-0.4, -0.2) is 29.1 Å². The number of nitrogens with one attached hydrogen (secondary N) is 2. The van der Waals surface area contributed by atoms with Crippen LogP contribution in [0.4, 0.5) is 0 Å². The highest BCUT2D eigenvalue weighted by atomic mass is 16.5. The van der Waals surface area contributed by atoms with E-state index < -0.39 is 0 Å². The summed E-state index contributed by atoms with van der Waals surface area (Å²) in [6.07, 6.45) is 2.13. The van der Waals surface area contributed by atoms with Crippen molar-refractivity contribution in [1.29, 1.82) is 0 Å². The molecule has 0 aliphatic heterocycles. The Morgan fingerprint density at radius 2 is 2.14 bits per heavy atom. The standard InChI is InChI=1S/C15H22N4O3/c1-9(2)13(18-14(20)11-6-5-7-21-11)15-17-12(19-22-15)8-10(3)16-4/h5-7,9-10,13,16H,8H2,1-4H3,(H,18,20). The summed E-state index contributed by atoms with van der Waals surface area (Å²) in [6.45, 7) is 6.00. The number of furan rings is 1. The molecule has 0 spiro atoms. The van der Waals surface area contributed by atoms with Crippen molar-refractivity contribution in [2.75, 3.05) is 7.05 Å². The zero-order valence-corrected chi connectivity index (χ0v) is 13.3. The quantitative estimate of drug-likeness (QED) is 0.812. The molecule has 7 heteroatoms. The maximum Gasteiger partial charge on any atom is 0.287 e. The van der Waals surface area contributed by atoms with Gasteiger partial charge >= 0.3 is 0 Å². The highest BCUT2D eigenvalue weighted by Gasteiger charge is 2.26. The zero-order chi connectivity index (χ0) is 16.1. The average molecular weight is 306 g/mol. The average Bonchev–Trinajstić information content (AvgIpc) is 3.15. The fourth-order valence-corrected chi connectivity index (χ4v) is 1.99. The molecule has 0 saturated carbocycles. The lowest BCUT2D eigenvalue weighted by Gasteiger charge is -2.17. The summed E-state index contributed by atoms with van der Waals surface area (Å²) in [4.78, 5) is 16.5. The molecule has 0 aliphatic rings. The summed E-state index contributed by atoms with van der Waals surface area (Å²) < 4.78 is 10.4. The normalized spacial score (nSPS) is 14.0. The Balaban J connectivity index is 2.09. The third-order valence-electron chi connectivity index (χ3n) is 3.43. The van der Waals surface area contributed by atoms with Crippen LogP contribution in [0.3, 0.4) is 0 Å². The number of aromatic nitrogens is 2. The third-order valence-corrected chi connectivity index (χ3v) is 3.43. The van der Waals surface area contributed by atoms with Crippen LogP contribution in [-0.2, 0) is 6.42 Å². The van der Waals surface area contributed by atoms with E-state index in [-0.39, 0.29) is 29.7 Å². The van der Waals surface area contributed by atoms with Gasteiger partial charge in [0.25, 0.3) is 5.91 Å². The Hall–Kier alpha value is -2.15. The fourth-order valence-electron chi connectivity index (χ4n) is 1.99. The van der Waals surface area contributed by atoms with Crippen LogP contribution in [0.2, 0.25) is 0 Å². The number of amides is 1. The van der Waals surface area contributed by atoms with Gasteiger partial charge in [-0.3, -0.25) is 4.79 Å². The minimum Gasteiger partial charge on any atom is -0.459 e. The molecule has 2 aromatic heterocycles. The number of likely N-dealkylation sites (N-methyl/N-ethyl adjacent to an activating group) is 1. The maximum absolute atomic E-state index is 12.1. The minimum atomic E-state index is -0.358. The number of carbonyl (C=O) groups excluding carboxylic acids is 1. The van der Waals surface area contributed by atoms with Gasteiger partial charge in [-0.25, -0.2) is 0 Å². The largest absolute Gasteiger partial charge is 0.459 e. The molecular formula is C15H22N4O3. The molecular weight excluding hydrogens is 284 g/mol. The second-order valence-corrected chi connectivity index (χ2v) is 5.62. The molecule has 2 rings (SSSR count). The van der Waals surface area contributed by atoms with E-state index in [1.165, 1.54) is 6.26 Å². The Morgan fingerprint density at radius 3 is 2.73 bits per heavy atom. The predicted molar refractivity (Wildman–Crippen MR) is 80.3 cm³/mol. The molecule has 2 unspecified atom stereocenters. The van der Waals surface area contributed by atoms with Gasteiger partial charge in [0.05, 0.1) is 6.26 Å². The Morgan fingerprint density at radius 1 is 1.36 bits per heavy atom. The van der Waals surface area contributed by atoms with E-state index in [0.29, 0.717) is 18.1 Å². The molecule has 2 heterocycles. The fraction of sp³-hybridized carbons (Fsp3) is 0.533. The van der Waals surface area contributed by atoms with E-state index in [1.54, 1.807) is 12.1 Å². The molecule has 2 N–H and O–H groups in total. The van der Waals surface area contributed by atoms with Crippen molar-refractivity contribution in [1.82, 2.24) is 20.8 Å². The molecule has 1 amide bonds. The number of nitrogens with zero attached hydrogens (tertiary/aromatic N) is 2. The molecule has 120 valence electrons. The van der Waals surface area contributed by atoms with Crippen LogP contribution in [0.1, 0.15) is 49.1 Å². The summed E-state index contributed by atoms with van der Waals surface area (Å²) in [6, 6.07) is 3.17. The Labute approximate surface area is 129 Å². The first-order valence-corrected chi connectivity index (χ1v) is 7.35. The Kier molecular flexibility index (Phi) is 5.32. The molecule has 7 nitrogen and oxygen atoms in total. The molecule has 0 saturated heterocycles. The smallest absolute Gasteiger partial charge is 0.287 e. The molecule has 0 bridgehead atoms. The van der Waals surface area contributed by atoms with Crippen molar-refractivity contribution in [3.8, 4) is 0 Å². The van der Waals surface area contributed by atoms with Crippen molar-refractivity contribution in [3.05, 3.63) is 35.9 Å². The predicted octanol–water partition coefficient (Wildman–Crippen LogP) is 1.94. The highest BCUT2D eigenvalue weighted by Crippen LogP contribution is 2.21. The van der Waals surface area contributed by atoms with Gasteiger partial charge < -0.3 is 19.6 Å². The van der Waals surface area contributed by atoms with E-state index in [9.17, 15) is 4.79 Å². The van der Waals surface area contributed by atoms with Gasteiger partial charge in [0.15, 0.2) is 11.6 Å². The van der Waals surface area contributed by atoms with Crippen LogP contribution in [0.25, 0.3) is 0 Å². The summed E-state index contributed by atoms with van der Waals surface area (Å²) in [7, 11) is 1.88. The van der Waals surface area contributed by atoms with Crippen LogP contribution in [0.15, 0.2) is 27.3 Å². The van der Waals surface area contributed by atoms with Crippen LogP contribution < -0.4 is 10.6 Å². The SMILES string of the molecule is CNC(C)Cc1noc(C(NC(=O)c2ccco2)C(C)C)n1. The molecule has 0 aliphatic carbocycles. The summed E-state index contributed by atoms with van der Waals surface area (Å²) >= 11 is 0. The van der Waals surface area contributed by atoms with Crippen molar-refractivity contribution in [3.63, 3.8) is 0 Å². The van der Waals surface area contributed by atoms with Gasteiger partial charge in [0, 0.05) is 12.5 Å². The van der Waals surface area contributed by atoms with Crippen molar-refractivity contribution in [2.24, 2.45) is 5.92 Å². The van der Waals surface area contributed by atoms with E-state index in [1.807, 2.05) is 27.8 Å². The maximum atomic E-state index is 12.1. The number of hydrogen-bond acceptors (Lipinski definition) is 6. The van der Waals surface area contributed by atoms with Crippen LogP contribution >= 0.6 is 0 Å². The van der Waals surface area contributed by atoms with Gasteiger partial charge in [-0.05, 0) is 32.0 Å². The van der Waals surface area contributed by atoms with Gasteiger partial charge in [0.1, 0.15) is 6.04 Å². The van der Waals surface area contributed by atoms with Crippen molar-refractivity contribution in [2.45, 2.75) is 39.3 Å². The van der Waals surface area contributed by atoms with E-state index in [2.05, 4.69) is 20.8 Å². The lowest BCUT2D eigenvalue weighted by atomic mass is 10.0. The zero-order valence-electron chi connectivity index (χ0n) is 13.3. The highest BCUT2D eigenvalue weighted by molar-refractivity contribution is 5.91. The lowest BCUT2D eigenvalue weighted by Crippen LogP contribution is -2.31. The van der Waals surface area contributed by atoms with Gasteiger partial charge in [-0.2, -0.15) is 4.98 Å². The lowest BCUT2D eigenvalue weighted by molar-refractivity contribution is 0.0885. The van der Waals surface area contributed by atoms with Crippen molar-refractivity contribution < 1.29 is 13.7 Å². The first-order valence-electron chi connectivity index (χ1n) is 7.35. The number of hydrogen-bond donors (Lipinski definition) is 2. The van der Waals surface area contributed by atoms with Crippen molar-refractivity contribution >= 4 is 5.91 Å². The van der Waals surface area contributed by atoms with Gasteiger partial charge in [-0.15, -0.1) is 0 Å². The molecule has 0 aromatic carbocycles. The molecule has 2 aromatic rings. The second kappa shape index (κ2) is 7.22. The van der Waals surface area contributed by atoms with E-state index in [4.69, 9.17) is 8.94 Å².